The summed E-state index contributed by atoms with van der Waals surface area (Å²) in [6, 6.07) is 2.26. The van der Waals surface area contributed by atoms with Gasteiger partial charge in [0.15, 0.2) is 6.10 Å². The lowest BCUT2D eigenvalue weighted by atomic mass is 10.0. The lowest BCUT2D eigenvalue weighted by Crippen LogP contribution is -2.20. The van der Waals surface area contributed by atoms with Gasteiger partial charge in [-0.3, -0.25) is 0 Å². The van der Waals surface area contributed by atoms with Crippen LogP contribution in [0, 0.1) is 0 Å². The Hall–Kier alpha value is -0.750. The van der Waals surface area contributed by atoms with Gasteiger partial charge in [0.2, 0.25) is 0 Å². The Bertz CT molecular complexity index is 404. The molecule has 1 rings (SSSR count). The molecule has 2 N–H and O–H groups in total. The van der Waals surface area contributed by atoms with E-state index in [0.717, 1.165) is 6.07 Å². The van der Waals surface area contributed by atoms with E-state index in [0.29, 0.717) is 18.4 Å². The molecule has 0 radical (unpaired) electrons. The van der Waals surface area contributed by atoms with Gasteiger partial charge in [0.1, 0.15) is 5.75 Å². The van der Waals surface area contributed by atoms with Crippen LogP contribution in [0.3, 0.4) is 0 Å². The second-order valence-electron chi connectivity index (χ2n) is 3.70. The topological polar surface area (TPSA) is 40.5 Å². The molecule has 1 unspecified atom stereocenters. The van der Waals surface area contributed by atoms with Crippen LogP contribution < -0.4 is 0 Å². The molecule has 6 heteroatoms. The minimum absolute atomic E-state index is 0.0787. The quantitative estimate of drug-likeness (QED) is 0.893. The largest absolute Gasteiger partial charge is 0.506 e. The highest BCUT2D eigenvalue weighted by Gasteiger charge is 2.39. The predicted octanol–water partition coefficient (Wildman–Crippen LogP) is 3.70. The maximum Gasteiger partial charge on any atom is 0.418 e. The van der Waals surface area contributed by atoms with Gasteiger partial charge in [-0.05, 0) is 45.6 Å². The summed E-state index contributed by atoms with van der Waals surface area (Å²) in [5.41, 5.74) is 0.116. The fourth-order valence-electron chi connectivity index (χ4n) is 1.49. The molecule has 0 spiro atoms. The van der Waals surface area contributed by atoms with E-state index in [1.807, 2.05) is 6.92 Å². The number of alkyl halides is 3. The highest BCUT2D eigenvalue weighted by molar-refractivity contribution is 9.10. The molecule has 17 heavy (non-hydrogen) atoms. The molecule has 1 aromatic rings. The van der Waals surface area contributed by atoms with E-state index < -0.39 is 12.3 Å². The Kier molecular flexibility index (Phi) is 4.43. The summed E-state index contributed by atoms with van der Waals surface area (Å²) in [5.74, 6) is -0.0787. The highest BCUT2D eigenvalue weighted by Crippen LogP contribution is 2.37. The Labute approximate surface area is 105 Å². The summed E-state index contributed by atoms with van der Waals surface area (Å²) in [6.45, 7) is 1.85. The maximum absolute atomic E-state index is 12.4. The number of phenols is 1. The van der Waals surface area contributed by atoms with Gasteiger partial charge in [-0.25, -0.2) is 0 Å². The van der Waals surface area contributed by atoms with E-state index in [2.05, 4.69) is 15.9 Å². The monoisotopic (exact) mass is 312 g/mol. The molecule has 0 heterocycles. The van der Waals surface area contributed by atoms with Crippen molar-refractivity contribution in [3.8, 4) is 5.75 Å². The fraction of sp³-hybridized carbons (Fsp3) is 0.455. The van der Waals surface area contributed by atoms with Crippen molar-refractivity contribution in [3.63, 3.8) is 0 Å². The smallest absolute Gasteiger partial charge is 0.418 e. The number of rotatable bonds is 3. The van der Waals surface area contributed by atoms with Gasteiger partial charge in [-0.15, -0.1) is 0 Å². The molecule has 0 aromatic heterocycles. The van der Waals surface area contributed by atoms with Gasteiger partial charge in [0.05, 0.1) is 4.47 Å². The first-order chi connectivity index (χ1) is 7.77. The van der Waals surface area contributed by atoms with Crippen LogP contribution in [0.2, 0.25) is 0 Å². The number of halogens is 4. The Balaban J connectivity index is 3.18. The van der Waals surface area contributed by atoms with E-state index >= 15 is 0 Å². The van der Waals surface area contributed by atoms with Crippen molar-refractivity contribution >= 4 is 15.9 Å². The molecular formula is C11H12BrF3O2. The maximum atomic E-state index is 12.4. The zero-order valence-corrected chi connectivity index (χ0v) is 10.6. The summed E-state index contributed by atoms with van der Waals surface area (Å²) in [6.07, 6.45) is -6.11. The normalized spacial score (nSPS) is 13.8. The lowest BCUT2D eigenvalue weighted by Gasteiger charge is -2.17. The van der Waals surface area contributed by atoms with E-state index in [1.165, 1.54) is 6.07 Å². The Morgan fingerprint density at radius 2 is 1.94 bits per heavy atom. The Morgan fingerprint density at radius 1 is 1.35 bits per heavy atom. The minimum Gasteiger partial charge on any atom is -0.506 e. The van der Waals surface area contributed by atoms with E-state index in [1.54, 1.807) is 0 Å². The number of benzene rings is 1. The molecular weight excluding hydrogens is 301 g/mol. The van der Waals surface area contributed by atoms with Crippen LogP contribution in [0.15, 0.2) is 16.6 Å². The average molecular weight is 313 g/mol. The third-order valence-corrected chi connectivity index (χ3v) is 2.91. The van der Waals surface area contributed by atoms with Crippen LogP contribution >= 0.6 is 15.9 Å². The molecule has 0 saturated heterocycles. The molecule has 2 nitrogen and oxygen atoms in total. The van der Waals surface area contributed by atoms with Crippen molar-refractivity contribution in [2.45, 2.75) is 32.0 Å². The van der Waals surface area contributed by atoms with Crippen molar-refractivity contribution in [1.82, 2.24) is 0 Å². The first kappa shape index (κ1) is 14.3. The first-order valence-corrected chi connectivity index (χ1v) is 5.82. The standard InChI is InChI=1S/C11H12BrF3O2/c1-2-3-6-4-7(5-8(12)9(6)16)10(17)11(13,14)15/h4-5,10,16-17H,2-3H2,1H3. The molecule has 96 valence electrons. The summed E-state index contributed by atoms with van der Waals surface area (Å²) in [7, 11) is 0. The molecule has 0 saturated carbocycles. The third-order valence-electron chi connectivity index (χ3n) is 2.31. The molecule has 0 bridgehead atoms. The number of aryl methyl sites for hydroxylation is 1. The SMILES string of the molecule is CCCc1cc(C(O)C(F)(F)F)cc(Br)c1O. The summed E-state index contributed by atoms with van der Waals surface area (Å²) < 4.78 is 37.2. The van der Waals surface area contributed by atoms with Crippen molar-refractivity contribution in [2.24, 2.45) is 0 Å². The average Bonchev–Trinajstić information content (AvgIpc) is 2.22. The van der Waals surface area contributed by atoms with Gasteiger partial charge in [0.25, 0.3) is 0 Å². The van der Waals surface area contributed by atoms with Crippen LogP contribution in [-0.2, 0) is 6.42 Å². The van der Waals surface area contributed by atoms with E-state index in [9.17, 15) is 18.3 Å². The molecule has 0 fully saturated rings. The van der Waals surface area contributed by atoms with Gasteiger partial charge in [-0.1, -0.05) is 13.3 Å². The second-order valence-corrected chi connectivity index (χ2v) is 4.56. The van der Waals surface area contributed by atoms with Crippen LogP contribution in [0.25, 0.3) is 0 Å². The van der Waals surface area contributed by atoms with Crippen molar-refractivity contribution in [2.75, 3.05) is 0 Å². The summed E-state index contributed by atoms with van der Waals surface area (Å²) in [4.78, 5) is 0. The highest BCUT2D eigenvalue weighted by atomic mass is 79.9. The van der Waals surface area contributed by atoms with Crippen LogP contribution in [0.4, 0.5) is 13.2 Å². The first-order valence-electron chi connectivity index (χ1n) is 5.03. The number of aliphatic hydroxyl groups excluding tert-OH is 1. The van der Waals surface area contributed by atoms with E-state index in [4.69, 9.17) is 5.11 Å². The van der Waals surface area contributed by atoms with Crippen molar-refractivity contribution in [3.05, 3.63) is 27.7 Å². The van der Waals surface area contributed by atoms with Gasteiger partial charge in [0, 0.05) is 0 Å². The minimum atomic E-state index is -4.71. The van der Waals surface area contributed by atoms with Crippen LogP contribution in [0.1, 0.15) is 30.6 Å². The molecule has 0 aliphatic rings. The number of hydrogen-bond acceptors (Lipinski definition) is 2. The second kappa shape index (κ2) is 5.27. The zero-order valence-electron chi connectivity index (χ0n) is 9.05. The third kappa shape index (κ3) is 3.35. The molecule has 0 amide bonds. The zero-order chi connectivity index (χ0) is 13.2. The number of aliphatic hydroxyl groups is 1. The van der Waals surface area contributed by atoms with Crippen molar-refractivity contribution < 1.29 is 23.4 Å². The summed E-state index contributed by atoms with van der Waals surface area (Å²) in [5, 5.41) is 18.8. The van der Waals surface area contributed by atoms with Gasteiger partial charge >= 0.3 is 6.18 Å². The number of aromatic hydroxyl groups is 1. The fourth-order valence-corrected chi connectivity index (χ4v) is 2.01. The predicted molar refractivity (Wildman–Crippen MR) is 60.8 cm³/mol. The van der Waals surface area contributed by atoms with E-state index in [-0.39, 0.29) is 15.8 Å². The summed E-state index contributed by atoms with van der Waals surface area (Å²) >= 11 is 2.97. The lowest BCUT2D eigenvalue weighted by molar-refractivity contribution is -0.206. The molecule has 1 aromatic carbocycles. The number of phenolic OH excluding ortho intramolecular Hbond substituents is 1. The Morgan fingerprint density at radius 3 is 2.41 bits per heavy atom. The number of hydrogen-bond donors (Lipinski definition) is 2. The van der Waals surface area contributed by atoms with Gasteiger partial charge < -0.3 is 10.2 Å². The molecule has 0 aliphatic carbocycles. The molecule has 1 atom stereocenters. The van der Waals surface area contributed by atoms with Crippen molar-refractivity contribution in [1.29, 1.82) is 0 Å². The van der Waals surface area contributed by atoms with Gasteiger partial charge in [-0.2, -0.15) is 13.2 Å². The van der Waals surface area contributed by atoms with Crippen LogP contribution in [0.5, 0.6) is 5.75 Å². The van der Waals surface area contributed by atoms with Crippen LogP contribution in [-0.4, -0.2) is 16.4 Å². The molecule has 0 aliphatic heterocycles.